The van der Waals surface area contributed by atoms with Gasteiger partial charge >= 0.3 is 0 Å². The highest BCUT2D eigenvalue weighted by atomic mass is 16.3. The minimum Gasteiger partial charge on any atom is -0.456 e. The van der Waals surface area contributed by atoms with Gasteiger partial charge in [-0.1, -0.05) is 87.3 Å². The van der Waals surface area contributed by atoms with E-state index in [1.807, 2.05) is 31.2 Å². The lowest BCUT2D eigenvalue weighted by Crippen LogP contribution is -2.22. The second kappa shape index (κ2) is 9.71. The number of benzene rings is 3. The highest BCUT2D eigenvalue weighted by molar-refractivity contribution is 6.06. The molecule has 3 nitrogen and oxygen atoms in total. The van der Waals surface area contributed by atoms with Gasteiger partial charge in [0, 0.05) is 45.6 Å². The number of hydrogen-bond acceptors (Lipinski definition) is 3. The van der Waals surface area contributed by atoms with Crippen LogP contribution in [0.5, 0.6) is 0 Å². The number of nitrogens with zero attached hydrogens (tertiary/aromatic N) is 2. The summed E-state index contributed by atoms with van der Waals surface area (Å²) in [6, 6.07) is 20.9. The van der Waals surface area contributed by atoms with Gasteiger partial charge in [-0.3, -0.25) is 4.99 Å². The summed E-state index contributed by atoms with van der Waals surface area (Å²) in [5.41, 5.74) is 8.53. The Kier molecular flexibility index (Phi) is 6.30. The van der Waals surface area contributed by atoms with Gasteiger partial charge in [0.05, 0.1) is 11.7 Å². The predicted octanol–water partition coefficient (Wildman–Crippen LogP) is 8.86. The maximum atomic E-state index is 6.36. The molecule has 0 bridgehead atoms. The first-order valence-corrected chi connectivity index (χ1v) is 12.2. The molecule has 3 heteroatoms. The number of fused-ring (bicyclic) bond motifs is 3. The van der Waals surface area contributed by atoms with Crippen LogP contribution in [0.4, 0.5) is 0 Å². The molecule has 5 rings (SSSR count). The van der Waals surface area contributed by atoms with Crippen molar-refractivity contribution in [2.45, 2.75) is 26.3 Å². The minimum atomic E-state index is -0.0716. The Morgan fingerprint density at radius 2 is 1.78 bits per heavy atom. The van der Waals surface area contributed by atoms with E-state index >= 15 is 0 Å². The highest BCUT2D eigenvalue weighted by Gasteiger charge is 2.25. The number of para-hydroxylation sites is 2. The van der Waals surface area contributed by atoms with Gasteiger partial charge in [-0.2, -0.15) is 0 Å². The summed E-state index contributed by atoms with van der Waals surface area (Å²) in [6.45, 7) is 16.8. The summed E-state index contributed by atoms with van der Waals surface area (Å²) in [5.74, 6) is 0. The Labute approximate surface area is 212 Å². The number of rotatable bonds is 7. The van der Waals surface area contributed by atoms with Crippen molar-refractivity contribution in [3.05, 3.63) is 133 Å². The number of allylic oxidation sites excluding steroid dienone is 3. The number of hydrogen-bond donors (Lipinski definition) is 0. The molecule has 178 valence electrons. The summed E-state index contributed by atoms with van der Waals surface area (Å²) >= 11 is 0. The Bertz CT molecular complexity index is 1590. The van der Waals surface area contributed by atoms with Crippen molar-refractivity contribution in [2.24, 2.45) is 4.99 Å². The molecule has 0 aliphatic carbocycles. The summed E-state index contributed by atoms with van der Waals surface area (Å²) < 4.78 is 6.36. The third-order valence-corrected chi connectivity index (χ3v) is 6.57. The van der Waals surface area contributed by atoms with Crippen LogP contribution >= 0.6 is 0 Å². The first-order chi connectivity index (χ1) is 17.5. The van der Waals surface area contributed by atoms with Crippen LogP contribution in [0.2, 0.25) is 0 Å². The summed E-state index contributed by atoms with van der Waals surface area (Å²) in [7, 11) is 0. The van der Waals surface area contributed by atoms with Crippen molar-refractivity contribution in [3.63, 3.8) is 0 Å². The minimum absolute atomic E-state index is 0.0716. The third-order valence-electron chi connectivity index (χ3n) is 6.57. The van der Waals surface area contributed by atoms with Crippen molar-refractivity contribution >= 4 is 39.5 Å². The average Bonchev–Trinajstić information content (AvgIpc) is 3.30. The Balaban J connectivity index is 1.59. The van der Waals surface area contributed by atoms with E-state index in [4.69, 9.17) is 4.42 Å². The fourth-order valence-electron chi connectivity index (χ4n) is 4.71. The van der Waals surface area contributed by atoms with Gasteiger partial charge in [-0.15, -0.1) is 0 Å². The molecule has 1 unspecified atom stereocenters. The lowest BCUT2D eigenvalue weighted by atomic mass is 9.95. The van der Waals surface area contributed by atoms with Crippen LogP contribution in [0.25, 0.3) is 33.3 Å². The zero-order chi connectivity index (χ0) is 25.2. The van der Waals surface area contributed by atoms with Gasteiger partial charge in [-0.25, -0.2) is 0 Å². The maximum Gasteiger partial charge on any atom is 0.141 e. The molecular weight excluding hydrogens is 440 g/mol. The standard InChI is InChI=1S/C33H30N2O/c1-6-25-17-18-26(30(20-25)23(4)34-21-22(2)3)24(5)35-19-10-9-15-31(35)29-14-11-13-28-27-12-7-8-16-32(27)36-33(28)29/h7-21,31H,2,4-6H2,1,3H3. The number of furan rings is 1. The first kappa shape index (κ1) is 23.4. The normalized spacial score (nSPS) is 15.3. The number of aryl methyl sites for hydroxylation is 1. The van der Waals surface area contributed by atoms with Gasteiger partial charge in [0.25, 0.3) is 0 Å². The summed E-state index contributed by atoms with van der Waals surface area (Å²) in [4.78, 5) is 6.77. The van der Waals surface area contributed by atoms with E-state index in [9.17, 15) is 0 Å². The van der Waals surface area contributed by atoms with Crippen molar-refractivity contribution in [1.82, 2.24) is 4.90 Å². The molecule has 0 saturated heterocycles. The van der Waals surface area contributed by atoms with E-state index in [1.165, 1.54) is 5.56 Å². The Hall–Kier alpha value is -4.37. The lowest BCUT2D eigenvalue weighted by molar-refractivity contribution is 0.454. The van der Waals surface area contributed by atoms with Crippen LogP contribution in [-0.4, -0.2) is 11.1 Å². The fourth-order valence-corrected chi connectivity index (χ4v) is 4.71. The summed E-state index contributed by atoms with van der Waals surface area (Å²) in [5, 5.41) is 2.24. The van der Waals surface area contributed by atoms with Gasteiger partial charge in [0.1, 0.15) is 11.2 Å². The second-order valence-electron chi connectivity index (χ2n) is 9.13. The molecule has 0 amide bonds. The van der Waals surface area contributed by atoms with Gasteiger partial charge < -0.3 is 9.32 Å². The number of aliphatic imine (C=N–C) groups is 1. The van der Waals surface area contributed by atoms with Crippen LogP contribution in [0.1, 0.15) is 42.1 Å². The molecule has 3 aromatic carbocycles. The quantitative estimate of drug-likeness (QED) is 0.252. The maximum absolute atomic E-state index is 6.36. The van der Waals surface area contributed by atoms with Crippen LogP contribution in [0.15, 0.2) is 120 Å². The molecule has 0 fully saturated rings. The van der Waals surface area contributed by atoms with Crippen molar-refractivity contribution < 1.29 is 4.42 Å². The van der Waals surface area contributed by atoms with E-state index in [1.54, 1.807) is 6.21 Å². The molecule has 1 atom stereocenters. The van der Waals surface area contributed by atoms with Crippen molar-refractivity contribution in [2.75, 3.05) is 0 Å². The zero-order valence-corrected chi connectivity index (χ0v) is 20.9. The molecule has 0 radical (unpaired) electrons. The van der Waals surface area contributed by atoms with E-state index in [2.05, 4.69) is 97.4 Å². The van der Waals surface area contributed by atoms with E-state index in [0.29, 0.717) is 5.70 Å². The molecule has 1 aliphatic rings. The molecule has 0 spiro atoms. The third kappa shape index (κ3) is 4.25. The van der Waals surface area contributed by atoms with Gasteiger partial charge in [-0.05, 0) is 42.7 Å². The Morgan fingerprint density at radius 3 is 2.58 bits per heavy atom. The van der Waals surface area contributed by atoms with Crippen molar-refractivity contribution in [1.29, 1.82) is 0 Å². The predicted molar refractivity (Wildman–Crippen MR) is 154 cm³/mol. The average molecular weight is 471 g/mol. The molecule has 1 aromatic heterocycles. The van der Waals surface area contributed by atoms with Crippen molar-refractivity contribution in [3.8, 4) is 0 Å². The SMILES string of the molecule is C=C(C)C=NC(=C)c1cc(CC)ccc1C(=C)N1C=CC=CC1c1cccc2c1oc1ccccc12. The molecule has 2 heterocycles. The molecular formula is C33H30N2O. The van der Waals surface area contributed by atoms with E-state index < -0.39 is 0 Å². The second-order valence-corrected chi connectivity index (χ2v) is 9.13. The monoisotopic (exact) mass is 470 g/mol. The zero-order valence-electron chi connectivity index (χ0n) is 20.9. The fraction of sp³-hybridized carbons (Fsp3) is 0.121. The van der Waals surface area contributed by atoms with Crippen LogP contribution in [0, 0.1) is 0 Å². The Morgan fingerprint density at radius 1 is 0.972 bits per heavy atom. The molecule has 0 N–H and O–H groups in total. The smallest absolute Gasteiger partial charge is 0.141 e. The van der Waals surface area contributed by atoms with Crippen LogP contribution in [-0.2, 0) is 6.42 Å². The summed E-state index contributed by atoms with van der Waals surface area (Å²) in [6.07, 6.45) is 11.1. The first-order valence-electron chi connectivity index (χ1n) is 12.2. The topological polar surface area (TPSA) is 28.7 Å². The van der Waals surface area contributed by atoms with E-state index in [0.717, 1.165) is 56.3 Å². The molecule has 4 aromatic rings. The van der Waals surface area contributed by atoms with E-state index in [-0.39, 0.29) is 6.04 Å². The van der Waals surface area contributed by atoms with Gasteiger partial charge in [0.15, 0.2) is 0 Å². The lowest BCUT2D eigenvalue weighted by Gasteiger charge is -2.33. The van der Waals surface area contributed by atoms with Crippen LogP contribution < -0.4 is 0 Å². The largest absolute Gasteiger partial charge is 0.456 e. The molecule has 36 heavy (non-hydrogen) atoms. The molecule has 1 aliphatic heterocycles. The van der Waals surface area contributed by atoms with Crippen LogP contribution in [0.3, 0.4) is 0 Å². The van der Waals surface area contributed by atoms with Gasteiger partial charge in [0.2, 0.25) is 0 Å². The highest BCUT2D eigenvalue weighted by Crippen LogP contribution is 2.40. The molecule has 0 saturated carbocycles.